The Kier molecular flexibility index (Phi) is 5.87. The van der Waals surface area contributed by atoms with Crippen LogP contribution in [-0.4, -0.2) is 32.7 Å². The summed E-state index contributed by atoms with van der Waals surface area (Å²) in [5, 5.41) is 16.7. The largest absolute Gasteiger partial charge is 0.449 e. The zero-order valence-electron chi connectivity index (χ0n) is 18.4. The van der Waals surface area contributed by atoms with Crippen LogP contribution < -0.4 is 5.32 Å². The lowest BCUT2D eigenvalue weighted by Gasteiger charge is -2.15. The van der Waals surface area contributed by atoms with E-state index in [2.05, 4.69) is 15.4 Å². The van der Waals surface area contributed by atoms with E-state index >= 15 is 0 Å². The number of amides is 1. The molecule has 2 aromatic heterocycles. The molecule has 0 fully saturated rings. The molecule has 0 spiro atoms. The summed E-state index contributed by atoms with van der Waals surface area (Å²) in [4.78, 5) is 30.4. The number of rotatable bonds is 5. The smallest absolute Gasteiger partial charge is 0.339 e. The van der Waals surface area contributed by atoms with E-state index in [-0.39, 0.29) is 5.56 Å². The Bertz CT molecular complexity index is 1400. The van der Waals surface area contributed by atoms with Crippen molar-refractivity contribution >= 4 is 28.6 Å². The molecule has 4 aromatic rings. The lowest BCUT2D eigenvalue weighted by molar-refractivity contribution is -0.123. The van der Waals surface area contributed by atoms with Gasteiger partial charge in [0.05, 0.1) is 34.0 Å². The van der Waals surface area contributed by atoms with Crippen molar-refractivity contribution in [1.29, 1.82) is 5.26 Å². The number of hydrogen-bond acceptors (Lipinski definition) is 6. The number of benzene rings is 2. The van der Waals surface area contributed by atoms with Gasteiger partial charge in [0.2, 0.25) is 0 Å². The van der Waals surface area contributed by atoms with Crippen molar-refractivity contribution in [2.75, 3.05) is 5.32 Å². The zero-order valence-corrected chi connectivity index (χ0v) is 18.4. The Morgan fingerprint density at radius 3 is 2.61 bits per heavy atom. The van der Waals surface area contributed by atoms with Gasteiger partial charge >= 0.3 is 5.97 Å². The highest BCUT2D eigenvalue weighted by Gasteiger charge is 2.24. The zero-order chi connectivity index (χ0) is 23.5. The summed E-state index contributed by atoms with van der Waals surface area (Å²) in [5.74, 6) is -1.15. The number of hydrogen-bond donors (Lipinski definition) is 1. The number of fused-ring (bicyclic) bond motifs is 1. The Balaban J connectivity index is 1.63. The molecule has 0 aliphatic carbocycles. The van der Waals surface area contributed by atoms with Crippen molar-refractivity contribution < 1.29 is 14.3 Å². The van der Waals surface area contributed by atoms with Gasteiger partial charge in [-0.15, -0.1) is 0 Å². The van der Waals surface area contributed by atoms with Gasteiger partial charge in [-0.1, -0.05) is 36.4 Å². The molecule has 1 amide bonds. The fraction of sp³-hybridized carbons (Fsp3) is 0.160. The monoisotopic (exact) mass is 439 g/mol. The van der Waals surface area contributed by atoms with E-state index in [9.17, 15) is 9.59 Å². The number of ether oxygens (including phenoxy) is 1. The van der Waals surface area contributed by atoms with E-state index in [0.29, 0.717) is 33.7 Å². The molecule has 164 valence electrons. The predicted octanol–water partition coefficient (Wildman–Crippen LogP) is 4.00. The molecule has 0 radical (unpaired) electrons. The number of anilines is 1. The third kappa shape index (κ3) is 4.43. The molecule has 0 bridgehead atoms. The molecule has 0 saturated heterocycles. The number of esters is 1. The van der Waals surface area contributed by atoms with Crippen molar-refractivity contribution in [1.82, 2.24) is 14.8 Å². The molecule has 1 N–H and O–H groups in total. The Labute approximate surface area is 190 Å². The van der Waals surface area contributed by atoms with Gasteiger partial charge in [-0.2, -0.15) is 10.4 Å². The second-order valence-electron chi connectivity index (χ2n) is 7.56. The summed E-state index contributed by atoms with van der Waals surface area (Å²) in [6, 6.07) is 19.7. The molecule has 2 heterocycles. The quantitative estimate of drug-likeness (QED) is 0.471. The van der Waals surface area contributed by atoms with Crippen LogP contribution in [0.1, 0.15) is 28.5 Å². The normalized spacial score (nSPS) is 11.6. The first kappa shape index (κ1) is 21.7. The molecule has 4 rings (SSSR count). The van der Waals surface area contributed by atoms with Crippen LogP contribution >= 0.6 is 0 Å². The maximum absolute atomic E-state index is 13.2. The van der Waals surface area contributed by atoms with Gasteiger partial charge in [0.1, 0.15) is 0 Å². The third-order valence-electron chi connectivity index (χ3n) is 5.17. The first-order chi connectivity index (χ1) is 15.9. The van der Waals surface area contributed by atoms with Crippen LogP contribution in [0.2, 0.25) is 0 Å². The summed E-state index contributed by atoms with van der Waals surface area (Å²) in [6.07, 6.45) is -1.07. The number of nitriles is 1. The SMILES string of the molecule is Cc1nn(C)c2nc(-c3ccccc3)cc(C(=O)O[C@@H](C)C(=O)Nc3cccc(C#N)c3)c12. The highest BCUT2D eigenvalue weighted by atomic mass is 16.5. The number of aryl methyl sites for hydroxylation is 2. The van der Waals surface area contributed by atoms with Crippen LogP contribution in [0.5, 0.6) is 0 Å². The topological polar surface area (TPSA) is 110 Å². The highest BCUT2D eigenvalue weighted by molar-refractivity contribution is 6.06. The first-order valence-corrected chi connectivity index (χ1v) is 10.3. The van der Waals surface area contributed by atoms with Crippen LogP contribution in [0.25, 0.3) is 22.3 Å². The molecule has 33 heavy (non-hydrogen) atoms. The number of aromatic nitrogens is 3. The summed E-state index contributed by atoms with van der Waals surface area (Å²) < 4.78 is 7.13. The third-order valence-corrected chi connectivity index (χ3v) is 5.17. The van der Waals surface area contributed by atoms with Gasteiger partial charge in [-0.3, -0.25) is 9.48 Å². The van der Waals surface area contributed by atoms with Crippen molar-refractivity contribution in [3.8, 4) is 17.3 Å². The van der Waals surface area contributed by atoms with Gasteiger partial charge in [-0.25, -0.2) is 9.78 Å². The lowest BCUT2D eigenvalue weighted by Crippen LogP contribution is -2.30. The molecule has 8 nitrogen and oxygen atoms in total. The van der Waals surface area contributed by atoms with Gasteiger partial charge < -0.3 is 10.1 Å². The summed E-state index contributed by atoms with van der Waals surface area (Å²) in [7, 11) is 1.76. The van der Waals surface area contributed by atoms with E-state index in [1.165, 1.54) is 6.92 Å². The minimum absolute atomic E-state index is 0.288. The molecule has 0 aliphatic rings. The van der Waals surface area contributed by atoms with E-state index in [1.54, 1.807) is 49.0 Å². The standard InChI is InChI=1S/C25H21N5O3/c1-15-22-20(13-21(18-9-5-4-6-10-18)28-23(22)30(3)29-15)25(32)33-16(2)24(31)27-19-11-7-8-17(12-19)14-26/h4-13,16H,1-3H3,(H,27,31)/t16-/m0/s1. The minimum atomic E-state index is -1.07. The van der Waals surface area contributed by atoms with Crippen LogP contribution in [0.15, 0.2) is 60.7 Å². The van der Waals surface area contributed by atoms with E-state index < -0.39 is 18.0 Å². The van der Waals surface area contributed by atoms with Crippen LogP contribution in [-0.2, 0) is 16.6 Å². The van der Waals surface area contributed by atoms with Crippen LogP contribution in [0.3, 0.4) is 0 Å². The Morgan fingerprint density at radius 1 is 1.12 bits per heavy atom. The average Bonchev–Trinajstić information content (AvgIpc) is 3.12. The van der Waals surface area contributed by atoms with Gasteiger partial charge in [0, 0.05) is 18.3 Å². The molecule has 1 atom stereocenters. The Hall–Kier alpha value is -4.51. The van der Waals surface area contributed by atoms with Crippen molar-refractivity contribution in [2.24, 2.45) is 7.05 Å². The fourth-order valence-corrected chi connectivity index (χ4v) is 3.55. The summed E-state index contributed by atoms with van der Waals surface area (Å²) in [6.45, 7) is 3.29. The van der Waals surface area contributed by atoms with Gasteiger partial charge in [0.15, 0.2) is 11.8 Å². The van der Waals surface area contributed by atoms with E-state index in [4.69, 9.17) is 10.00 Å². The number of pyridine rings is 1. The molecular formula is C25H21N5O3. The maximum Gasteiger partial charge on any atom is 0.339 e. The second kappa shape index (κ2) is 8.93. The molecule has 0 unspecified atom stereocenters. The molecular weight excluding hydrogens is 418 g/mol. The van der Waals surface area contributed by atoms with E-state index in [0.717, 1.165) is 5.56 Å². The number of nitrogens with one attached hydrogen (secondary N) is 1. The second-order valence-corrected chi connectivity index (χ2v) is 7.56. The molecule has 0 saturated carbocycles. The molecule has 0 aliphatic heterocycles. The van der Waals surface area contributed by atoms with E-state index in [1.807, 2.05) is 36.4 Å². The fourth-order valence-electron chi connectivity index (χ4n) is 3.55. The van der Waals surface area contributed by atoms with Crippen molar-refractivity contribution in [3.05, 3.63) is 77.5 Å². The minimum Gasteiger partial charge on any atom is -0.449 e. The maximum atomic E-state index is 13.2. The first-order valence-electron chi connectivity index (χ1n) is 10.3. The molecule has 2 aromatic carbocycles. The number of carbonyl (C=O) groups is 2. The highest BCUT2D eigenvalue weighted by Crippen LogP contribution is 2.27. The lowest BCUT2D eigenvalue weighted by atomic mass is 10.1. The Morgan fingerprint density at radius 2 is 1.88 bits per heavy atom. The van der Waals surface area contributed by atoms with Crippen LogP contribution in [0, 0.1) is 18.3 Å². The molecule has 8 heteroatoms. The summed E-state index contributed by atoms with van der Waals surface area (Å²) >= 11 is 0. The number of carbonyl (C=O) groups excluding carboxylic acids is 2. The van der Waals surface area contributed by atoms with Gasteiger partial charge in [-0.05, 0) is 38.1 Å². The van der Waals surface area contributed by atoms with Gasteiger partial charge in [0.25, 0.3) is 5.91 Å². The number of nitrogens with zero attached hydrogens (tertiary/aromatic N) is 4. The summed E-state index contributed by atoms with van der Waals surface area (Å²) in [5.41, 5.74) is 3.78. The van der Waals surface area contributed by atoms with Crippen molar-refractivity contribution in [3.63, 3.8) is 0 Å². The van der Waals surface area contributed by atoms with Crippen LogP contribution in [0.4, 0.5) is 5.69 Å². The average molecular weight is 439 g/mol. The predicted molar refractivity (Wildman–Crippen MR) is 123 cm³/mol. The van der Waals surface area contributed by atoms with Crippen molar-refractivity contribution in [2.45, 2.75) is 20.0 Å².